The van der Waals surface area contributed by atoms with Crippen molar-refractivity contribution in [3.8, 4) is 0 Å². The molecule has 0 radical (unpaired) electrons. The van der Waals surface area contributed by atoms with Gasteiger partial charge < -0.3 is 10.6 Å². The van der Waals surface area contributed by atoms with Crippen molar-refractivity contribution in [1.29, 1.82) is 0 Å². The van der Waals surface area contributed by atoms with Gasteiger partial charge >= 0.3 is 0 Å². The number of hydrogen-bond acceptors (Lipinski definition) is 4. The van der Waals surface area contributed by atoms with E-state index < -0.39 is 5.82 Å². The number of aromatic nitrogens is 2. The van der Waals surface area contributed by atoms with Crippen molar-refractivity contribution in [1.82, 2.24) is 9.97 Å². The number of anilines is 2. The average Bonchev–Trinajstić information content (AvgIpc) is 2.41. The molecule has 6 heteroatoms. The van der Waals surface area contributed by atoms with Crippen LogP contribution in [0.5, 0.6) is 0 Å². The van der Waals surface area contributed by atoms with E-state index in [4.69, 9.17) is 0 Å². The van der Waals surface area contributed by atoms with E-state index >= 15 is 0 Å². The van der Waals surface area contributed by atoms with Gasteiger partial charge in [-0.2, -0.15) is 0 Å². The quantitative estimate of drug-likeness (QED) is 0.868. The Labute approximate surface area is 103 Å². The molecule has 0 saturated heterocycles. The minimum absolute atomic E-state index is 0.296. The summed E-state index contributed by atoms with van der Waals surface area (Å²) in [5, 5.41) is 5.40. The van der Waals surface area contributed by atoms with Crippen LogP contribution >= 0.6 is 0 Å². The Morgan fingerprint density at radius 3 is 2.72 bits per heavy atom. The van der Waals surface area contributed by atoms with E-state index in [2.05, 4.69) is 20.6 Å². The fourth-order valence-corrected chi connectivity index (χ4v) is 1.35. The summed E-state index contributed by atoms with van der Waals surface area (Å²) in [5.74, 6) is 0.112. The first-order valence-corrected chi connectivity index (χ1v) is 5.26. The smallest absolute Gasteiger partial charge is 0.257 e. The maximum Gasteiger partial charge on any atom is 0.257 e. The fourth-order valence-electron chi connectivity index (χ4n) is 1.35. The molecule has 92 valence electrons. The zero-order valence-corrected chi connectivity index (χ0v) is 9.64. The monoisotopic (exact) mass is 246 g/mol. The third kappa shape index (κ3) is 2.79. The van der Waals surface area contributed by atoms with E-state index in [0.29, 0.717) is 17.2 Å². The van der Waals surface area contributed by atoms with Gasteiger partial charge in [0.1, 0.15) is 17.5 Å². The van der Waals surface area contributed by atoms with Crippen molar-refractivity contribution in [2.24, 2.45) is 0 Å². The Morgan fingerprint density at radius 2 is 2.06 bits per heavy atom. The van der Waals surface area contributed by atoms with Crippen LogP contribution < -0.4 is 10.6 Å². The lowest BCUT2D eigenvalue weighted by atomic mass is 10.2. The SMILES string of the molecule is CNc1cc(C(=O)Nc2ccc(F)cn2)ccn1. The highest BCUT2D eigenvalue weighted by Crippen LogP contribution is 2.09. The largest absolute Gasteiger partial charge is 0.373 e. The number of nitrogens with one attached hydrogen (secondary N) is 2. The Kier molecular flexibility index (Phi) is 3.47. The molecule has 0 aromatic carbocycles. The lowest BCUT2D eigenvalue weighted by Gasteiger charge is -2.05. The molecule has 0 aliphatic rings. The lowest BCUT2D eigenvalue weighted by molar-refractivity contribution is 0.102. The summed E-state index contributed by atoms with van der Waals surface area (Å²) in [5.41, 5.74) is 0.445. The summed E-state index contributed by atoms with van der Waals surface area (Å²) in [6, 6.07) is 5.82. The molecule has 0 aliphatic carbocycles. The zero-order valence-electron chi connectivity index (χ0n) is 9.64. The summed E-state index contributed by atoms with van der Waals surface area (Å²) in [6.45, 7) is 0. The Balaban J connectivity index is 2.14. The highest BCUT2D eigenvalue weighted by Gasteiger charge is 2.07. The first kappa shape index (κ1) is 12.0. The summed E-state index contributed by atoms with van der Waals surface area (Å²) < 4.78 is 12.7. The van der Waals surface area contributed by atoms with Crippen molar-refractivity contribution in [3.05, 3.63) is 48.0 Å². The van der Waals surface area contributed by atoms with Crippen LogP contribution in [0.4, 0.5) is 16.0 Å². The van der Waals surface area contributed by atoms with Gasteiger partial charge in [0.05, 0.1) is 6.20 Å². The second-order valence-corrected chi connectivity index (χ2v) is 3.50. The van der Waals surface area contributed by atoms with Gasteiger partial charge in [-0.3, -0.25) is 4.79 Å². The van der Waals surface area contributed by atoms with Crippen molar-refractivity contribution < 1.29 is 9.18 Å². The van der Waals surface area contributed by atoms with Gasteiger partial charge in [0, 0.05) is 18.8 Å². The van der Waals surface area contributed by atoms with Crippen LogP contribution in [0.1, 0.15) is 10.4 Å². The van der Waals surface area contributed by atoms with Crippen molar-refractivity contribution in [2.45, 2.75) is 0 Å². The number of hydrogen-bond donors (Lipinski definition) is 2. The Hall–Kier alpha value is -2.50. The minimum Gasteiger partial charge on any atom is -0.373 e. The summed E-state index contributed by atoms with van der Waals surface area (Å²) in [4.78, 5) is 19.6. The lowest BCUT2D eigenvalue weighted by Crippen LogP contribution is -2.13. The average molecular weight is 246 g/mol. The Morgan fingerprint density at radius 1 is 1.22 bits per heavy atom. The third-order valence-electron chi connectivity index (χ3n) is 2.25. The molecule has 0 aliphatic heterocycles. The molecule has 0 fully saturated rings. The molecular formula is C12H11FN4O. The van der Waals surface area contributed by atoms with E-state index in [1.807, 2.05) is 0 Å². The Bertz CT molecular complexity index is 556. The maximum absolute atomic E-state index is 12.7. The van der Waals surface area contributed by atoms with Gasteiger partial charge in [-0.25, -0.2) is 14.4 Å². The molecule has 2 heterocycles. The third-order valence-corrected chi connectivity index (χ3v) is 2.25. The molecule has 1 amide bonds. The highest BCUT2D eigenvalue weighted by atomic mass is 19.1. The van der Waals surface area contributed by atoms with Crippen LogP contribution in [0, 0.1) is 5.82 Å². The number of carbonyl (C=O) groups excluding carboxylic acids is 1. The number of rotatable bonds is 3. The van der Waals surface area contributed by atoms with Gasteiger partial charge in [-0.1, -0.05) is 0 Å². The van der Waals surface area contributed by atoms with Crippen LogP contribution in [-0.2, 0) is 0 Å². The van der Waals surface area contributed by atoms with Crippen LogP contribution in [0.2, 0.25) is 0 Å². The maximum atomic E-state index is 12.7. The molecule has 0 atom stereocenters. The van der Waals surface area contributed by atoms with E-state index in [1.165, 1.54) is 18.3 Å². The van der Waals surface area contributed by atoms with Crippen LogP contribution in [-0.4, -0.2) is 22.9 Å². The molecular weight excluding hydrogens is 235 g/mol. The standard InChI is InChI=1S/C12H11FN4O/c1-14-11-6-8(4-5-15-11)12(18)17-10-3-2-9(13)7-16-10/h2-7H,1H3,(H,14,15)(H,16,17,18). The number of amides is 1. The predicted octanol–water partition coefficient (Wildman–Crippen LogP) is 1.91. The van der Waals surface area contributed by atoms with Gasteiger partial charge in [0.15, 0.2) is 0 Å². The first-order valence-electron chi connectivity index (χ1n) is 5.26. The van der Waals surface area contributed by atoms with E-state index in [9.17, 15) is 9.18 Å². The summed E-state index contributed by atoms with van der Waals surface area (Å²) in [7, 11) is 1.71. The second-order valence-electron chi connectivity index (χ2n) is 3.50. The van der Waals surface area contributed by atoms with E-state index in [-0.39, 0.29) is 5.91 Å². The summed E-state index contributed by atoms with van der Waals surface area (Å²) in [6.07, 6.45) is 2.57. The molecule has 0 bridgehead atoms. The molecule has 2 rings (SSSR count). The van der Waals surface area contributed by atoms with E-state index in [0.717, 1.165) is 6.20 Å². The number of halogens is 1. The van der Waals surface area contributed by atoms with Crippen LogP contribution in [0.15, 0.2) is 36.7 Å². The second kappa shape index (κ2) is 5.22. The topological polar surface area (TPSA) is 66.9 Å². The number of nitrogens with zero attached hydrogens (tertiary/aromatic N) is 2. The van der Waals surface area contributed by atoms with Gasteiger partial charge in [-0.05, 0) is 24.3 Å². The van der Waals surface area contributed by atoms with Gasteiger partial charge in [0.25, 0.3) is 5.91 Å². The van der Waals surface area contributed by atoms with E-state index in [1.54, 1.807) is 19.2 Å². The summed E-state index contributed by atoms with van der Waals surface area (Å²) >= 11 is 0. The fraction of sp³-hybridized carbons (Fsp3) is 0.0833. The number of carbonyl (C=O) groups is 1. The first-order chi connectivity index (χ1) is 8.69. The zero-order chi connectivity index (χ0) is 13.0. The van der Waals surface area contributed by atoms with Crippen LogP contribution in [0.25, 0.3) is 0 Å². The predicted molar refractivity (Wildman–Crippen MR) is 65.9 cm³/mol. The van der Waals surface area contributed by atoms with Crippen molar-refractivity contribution in [2.75, 3.05) is 17.7 Å². The molecule has 5 nitrogen and oxygen atoms in total. The molecule has 2 aromatic heterocycles. The molecule has 0 saturated carbocycles. The van der Waals surface area contributed by atoms with Gasteiger partial charge in [0.2, 0.25) is 0 Å². The van der Waals surface area contributed by atoms with Crippen LogP contribution in [0.3, 0.4) is 0 Å². The molecule has 18 heavy (non-hydrogen) atoms. The molecule has 2 N–H and O–H groups in total. The van der Waals surface area contributed by atoms with Crippen molar-refractivity contribution in [3.63, 3.8) is 0 Å². The highest BCUT2D eigenvalue weighted by molar-refractivity contribution is 6.04. The van der Waals surface area contributed by atoms with Gasteiger partial charge in [-0.15, -0.1) is 0 Å². The van der Waals surface area contributed by atoms with Crippen molar-refractivity contribution >= 4 is 17.5 Å². The molecule has 0 unspecified atom stereocenters. The minimum atomic E-state index is -0.450. The normalized spacial score (nSPS) is 9.89. The molecule has 2 aromatic rings. The number of pyridine rings is 2. The molecule has 0 spiro atoms.